The van der Waals surface area contributed by atoms with Gasteiger partial charge in [-0.1, -0.05) is 11.6 Å². The molecular formula is C14H15ClN2O. The van der Waals surface area contributed by atoms with Crippen molar-refractivity contribution in [3.8, 4) is 0 Å². The summed E-state index contributed by atoms with van der Waals surface area (Å²) in [5.41, 5.74) is 1.01. The zero-order chi connectivity index (χ0) is 12.4. The number of aromatic nitrogens is 1. The van der Waals surface area contributed by atoms with E-state index in [1.165, 1.54) is 12.8 Å². The summed E-state index contributed by atoms with van der Waals surface area (Å²) in [7, 11) is 0. The average molecular weight is 263 g/mol. The van der Waals surface area contributed by atoms with Crippen LogP contribution in [0.25, 0.3) is 0 Å². The van der Waals surface area contributed by atoms with Crippen molar-refractivity contribution in [2.75, 3.05) is 0 Å². The minimum atomic E-state index is 0.663. The maximum atomic E-state index is 5.99. The highest BCUT2D eigenvalue weighted by atomic mass is 35.5. The minimum absolute atomic E-state index is 0.663. The Hall–Kier alpha value is -1.32. The zero-order valence-electron chi connectivity index (χ0n) is 10.1. The fourth-order valence-electron chi connectivity index (χ4n) is 2.10. The number of rotatable bonds is 5. The van der Waals surface area contributed by atoms with Crippen LogP contribution >= 0.6 is 11.6 Å². The molecule has 1 aliphatic rings. The maximum absolute atomic E-state index is 5.99. The van der Waals surface area contributed by atoms with E-state index >= 15 is 0 Å². The van der Waals surface area contributed by atoms with Gasteiger partial charge in [-0.2, -0.15) is 0 Å². The van der Waals surface area contributed by atoms with E-state index in [0.29, 0.717) is 6.04 Å². The van der Waals surface area contributed by atoms with E-state index < -0.39 is 0 Å². The summed E-state index contributed by atoms with van der Waals surface area (Å²) in [5, 5.41) is 0.744. The van der Waals surface area contributed by atoms with Crippen molar-refractivity contribution in [1.82, 2.24) is 9.88 Å². The van der Waals surface area contributed by atoms with Gasteiger partial charge in [0.25, 0.3) is 0 Å². The summed E-state index contributed by atoms with van der Waals surface area (Å²) in [6.07, 6.45) is 6.01. The molecule has 1 fully saturated rings. The fraction of sp³-hybridized carbons (Fsp3) is 0.357. The van der Waals surface area contributed by atoms with Gasteiger partial charge in [0.2, 0.25) is 0 Å². The first-order chi connectivity index (χ1) is 8.81. The maximum Gasteiger partial charge on any atom is 0.117 e. The van der Waals surface area contributed by atoms with Crippen LogP contribution in [0, 0.1) is 0 Å². The molecule has 1 aliphatic carbocycles. The van der Waals surface area contributed by atoms with Crippen molar-refractivity contribution < 1.29 is 4.42 Å². The van der Waals surface area contributed by atoms with Gasteiger partial charge in [-0.25, -0.2) is 0 Å². The molecule has 18 heavy (non-hydrogen) atoms. The van der Waals surface area contributed by atoms with Crippen LogP contribution in [0.5, 0.6) is 0 Å². The molecule has 0 aromatic carbocycles. The zero-order valence-corrected chi connectivity index (χ0v) is 10.8. The number of nitrogens with zero attached hydrogens (tertiary/aromatic N) is 2. The summed E-state index contributed by atoms with van der Waals surface area (Å²) >= 11 is 5.99. The number of hydrogen-bond acceptors (Lipinski definition) is 3. The SMILES string of the molecule is Clc1ccnc(CN(Cc2ccco2)C2CC2)c1. The van der Waals surface area contributed by atoms with Crippen molar-refractivity contribution >= 4 is 11.6 Å². The molecular weight excluding hydrogens is 248 g/mol. The van der Waals surface area contributed by atoms with Crippen LogP contribution in [0.3, 0.4) is 0 Å². The Labute approximate surface area is 111 Å². The lowest BCUT2D eigenvalue weighted by atomic mass is 10.3. The second-order valence-corrected chi connectivity index (χ2v) is 5.12. The molecule has 3 rings (SSSR count). The van der Waals surface area contributed by atoms with Gasteiger partial charge in [-0.3, -0.25) is 9.88 Å². The Morgan fingerprint density at radius 2 is 2.22 bits per heavy atom. The molecule has 0 N–H and O–H groups in total. The van der Waals surface area contributed by atoms with E-state index in [2.05, 4.69) is 9.88 Å². The van der Waals surface area contributed by atoms with Gasteiger partial charge >= 0.3 is 0 Å². The molecule has 0 atom stereocenters. The number of hydrogen-bond donors (Lipinski definition) is 0. The Bertz CT molecular complexity index is 508. The average Bonchev–Trinajstić information content (AvgIpc) is 3.08. The number of halogens is 1. The van der Waals surface area contributed by atoms with E-state index in [0.717, 1.165) is 29.6 Å². The van der Waals surface area contributed by atoms with Crippen LogP contribution in [0.15, 0.2) is 41.1 Å². The van der Waals surface area contributed by atoms with Crippen LogP contribution in [-0.2, 0) is 13.1 Å². The second kappa shape index (κ2) is 5.12. The fourth-order valence-corrected chi connectivity index (χ4v) is 2.28. The minimum Gasteiger partial charge on any atom is -0.468 e. The second-order valence-electron chi connectivity index (χ2n) is 4.68. The first-order valence-corrected chi connectivity index (χ1v) is 6.56. The Morgan fingerprint density at radius 1 is 1.33 bits per heavy atom. The summed E-state index contributed by atoms with van der Waals surface area (Å²) in [4.78, 5) is 6.76. The summed E-state index contributed by atoms with van der Waals surface area (Å²) in [6.45, 7) is 1.66. The van der Waals surface area contributed by atoms with E-state index in [1.807, 2.05) is 18.2 Å². The predicted molar refractivity (Wildman–Crippen MR) is 70.2 cm³/mol. The summed E-state index contributed by atoms with van der Waals surface area (Å²) in [5.74, 6) is 1.00. The normalized spacial score (nSPS) is 15.2. The lowest BCUT2D eigenvalue weighted by molar-refractivity contribution is 0.222. The topological polar surface area (TPSA) is 29.3 Å². The lowest BCUT2D eigenvalue weighted by Gasteiger charge is -2.20. The first-order valence-electron chi connectivity index (χ1n) is 6.18. The monoisotopic (exact) mass is 262 g/mol. The Morgan fingerprint density at radius 3 is 2.89 bits per heavy atom. The molecule has 2 aromatic rings. The quantitative estimate of drug-likeness (QED) is 0.826. The van der Waals surface area contributed by atoms with Crippen molar-refractivity contribution in [3.05, 3.63) is 53.2 Å². The molecule has 0 radical (unpaired) electrons. The van der Waals surface area contributed by atoms with Gasteiger partial charge in [0, 0.05) is 23.8 Å². The highest BCUT2D eigenvalue weighted by molar-refractivity contribution is 6.30. The van der Waals surface area contributed by atoms with E-state index in [4.69, 9.17) is 16.0 Å². The first kappa shape index (κ1) is 11.8. The van der Waals surface area contributed by atoms with Gasteiger partial charge in [-0.15, -0.1) is 0 Å². The summed E-state index contributed by atoms with van der Waals surface area (Å²) in [6, 6.07) is 8.34. The predicted octanol–water partition coefficient (Wildman–Crippen LogP) is 3.49. The molecule has 2 aromatic heterocycles. The van der Waals surface area contributed by atoms with E-state index in [9.17, 15) is 0 Å². The third-order valence-corrected chi connectivity index (χ3v) is 3.38. The van der Waals surface area contributed by atoms with Crippen LogP contribution < -0.4 is 0 Å². The van der Waals surface area contributed by atoms with Crippen molar-refractivity contribution in [2.45, 2.75) is 32.0 Å². The van der Waals surface area contributed by atoms with Crippen molar-refractivity contribution in [1.29, 1.82) is 0 Å². The highest BCUT2D eigenvalue weighted by Gasteiger charge is 2.29. The van der Waals surface area contributed by atoms with Crippen LogP contribution in [-0.4, -0.2) is 15.9 Å². The van der Waals surface area contributed by atoms with Crippen LogP contribution in [0.2, 0.25) is 5.02 Å². The smallest absolute Gasteiger partial charge is 0.117 e. The van der Waals surface area contributed by atoms with Crippen molar-refractivity contribution in [2.24, 2.45) is 0 Å². The molecule has 0 bridgehead atoms. The molecule has 0 aliphatic heterocycles. The molecule has 4 heteroatoms. The highest BCUT2D eigenvalue weighted by Crippen LogP contribution is 2.29. The van der Waals surface area contributed by atoms with Crippen LogP contribution in [0.1, 0.15) is 24.3 Å². The third-order valence-electron chi connectivity index (χ3n) is 3.15. The van der Waals surface area contributed by atoms with Gasteiger partial charge in [0.05, 0.1) is 18.5 Å². The van der Waals surface area contributed by atoms with Gasteiger partial charge in [0.15, 0.2) is 0 Å². The molecule has 0 spiro atoms. The molecule has 3 nitrogen and oxygen atoms in total. The number of pyridine rings is 1. The van der Waals surface area contributed by atoms with E-state index in [1.54, 1.807) is 18.5 Å². The molecule has 1 saturated carbocycles. The van der Waals surface area contributed by atoms with Crippen LogP contribution in [0.4, 0.5) is 0 Å². The largest absolute Gasteiger partial charge is 0.468 e. The van der Waals surface area contributed by atoms with E-state index in [-0.39, 0.29) is 0 Å². The molecule has 0 amide bonds. The van der Waals surface area contributed by atoms with Gasteiger partial charge in [-0.05, 0) is 37.1 Å². The third kappa shape index (κ3) is 2.92. The molecule has 0 saturated heterocycles. The molecule has 2 heterocycles. The molecule has 0 unspecified atom stereocenters. The lowest BCUT2D eigenvalue weighted by Crippen LogP contribution is -2.25. The summed E-state index contributed by atoms with van der Waals surface area (Å²) < 4.78 is 5.42. The van der Waals surface area contributed by atoms with Gasteiger partial charge < -0.3 is 4.42 Å². The standard InChI is InChI=1S/C14H15ClN2O/c15-11-5-6-16-12(8-11)9-17(13-3-4-13)10-14-2-1-7-18-14/h1-2,5-8,13H,3-4,9-10H2. The Kier molecular flexibility index (Phi) is 3.35. The Balaban J connectivity index is 1.70. The molecule has 94 valence electrons. The van der Waals surface area contributed by atoms with Crippen molar-refractivity contribution in [3.63, 3.8) is 0 Å². The number of furan rings is 1. The van der Waals surface area contributed by atoms with Gasteiger partial charge in [0.1, 0.15) is 5.76 Å².